The number of nitrogens with one attached hydrogen (secondary N) is 1. The number of ketones is 1. The van der Waals surface area contributed by atoms with Crippen LogP contribution in [0.25, 0.3) is 11.1 Å². The van der Waals surface area contributed by atoms with Crippen LogP contribution in [0.2, 0.25) is 0 Å². The van der Waals surface area contributed by atoms with Crippen LogP contribution in [0.4, 0.5) is 0 Å². The Morgan fingerprint density at radius 1 is 1.14 bits per heavy atom. The number of ether oxygens (including phenoxy) is 3. The summed E-state index contributed by atoms with van der Waals surface area (Å²) >= 11 is 0. The third kappa shape index (κ3) is 8.81. The van der Waals surface area contributed by atoms with E-state index in [4.69, 9.17) is 14.2 Å². The van der Waals surface area contributed by atoms with E-state index in [-0.39, 0.29) is 23.0 Å². The number of benzene rings is 1. The lowest BCUT2D eigenvalue weighted by atomic mass is 9.95. The van der Waals surface area contributed by atoms with Crippen LogP contribution in [-0.4, -0.2) is 43.0 Å². The van der Waals surface area contributed by atoms with E-state index in [1.807, 2.05) is 20.8 Å². The summed E-state index contributed by atoms with van der Waals surface area (Å²) in [7, 11) is 4.58. The van der Waals surface area contributed by atoms with E-state index in [9.17, 15) is 14.7 Å². The van der Waals surface area contributed by atoms with Gasteiger partial charge < -0.3 is 29.1 Å². The van der Waals surface area contributed by atoms with Crippen molar-refractivity contribution in [3.05, 3.63) is 52.1 Å². The quantitative estimate of drug-likeness (QED) is 0.215. The second-order valence-electron chi connectivity index (χ2n) is 9.00. The third-order valence-corrected chi connectivity index (χ3v) is 5.47. The average molecular weight is 515 g/mol. The monoisotopic (exact) mass is 514 g/mol. The molecule has 0 saturated carbocycles. The summed E-state index contributed by atoms with van der Waals surface area (Å²) in [4.78, 5) is 30.2. The number of aliphatic imine (C=N–C) groups is 1. The maximum absolute atomic E-state index is 12.9. The highest BCUT2D eigenvalue weighted by atomic mass is 16.5. The number of unbranched alkanes of at least 4 members (excludes halogenated alkanes) is 1. The van der Waals surface area contributed by atoms with E-state index in [0.29, 0.717) is 52.8 Å². The van der Waals surface area contributed by atoms with E-state index < -0.39 is 5.56 Å². The van der Waals surface area contributed by atoms with Gasteiger partial charge in [-0.3, -0.25) is 9.79 Å². The normalized spacial score (nSPS) is 11.0. The summed E-state index contributed by atoms with van der Waals surface area (Å²) in [6.07, 6.45) is 3.59. The first-order valence-electron chi connectivity index (χ1n) is 12.6. The van der Waals surface area contributed by atoms with Crippen molar-refractivity contribution in [1.82, 2.24) is 4.98 Å². The lowest BCUT2D eigenvalue weighted by molar-refractivity contribution is -0.117. The van der Waals surface area contributed by atoms with Crippen molar-refractivity contribution >= 4 is 11.7 Å². The Labute approximate surface area is 220 Å². The average Bonchev–Trinajstić information content (AvgIpc) is 2.85. The molecular formula is C29H42N2O6. The molecule has 8 nitrogen and oxygen atoms in total. The molecule has 1 heterocycles. The highest BCUT2D eigenvalue weighted by Crippen LogP contribution is 2.44. The number of Topliss-reactive ketones (excluding diaryl/α,β-unsaturated/α-hetero) is 1. The van der Waals surface area contributed by atoms with Crippen LogP contribution in [0.5, 0.6) is 17.2 Å². The summed E-state index contributed by atoms with van der Waals surface area (Å²) < 4.78 is 16.7. The Hall–Kier alpha value is -3.55. The van der Waals surface area contributed by atoms with Crippen molar-refractivity contribution in [3.63, 3.8) is 0 Å². The molecule has 0 aliphatic carbocycles. The van der Waals surface area contributed by atoms with Gasteiger partial charge in [-0.1, -0.05) is 46.8 Å². The summed E-state index contributed by atoms with van der Waals surface area (Å²) in [5.41, 5.74) is 1.03. The standard InChI is InChI=1S/C23H30N2O5.C6H12O/c1-7-9-11-15-18(19-16(28-5)12-10-13-17(19)29-6)21(26)20(22(27)25-15)23(24-4)30-14(3)8-2;1-5(2)4-6(3)7/h10,12-13H,3,7-9,11H2,1-2,4-6H3,(H2,25,26,27);5H,4H2,1-3H3. The molecular weight excluding hydrogens is 472 g/mol. The Bertz CT molecular complexity index is 1130. The number of allylic oxidation sites excluding steroid dienone is 1. The molecule has 0 spiro atoms. The Morgan fingerprint density at radius 3 is 2.14 bits per heavy atom. The minimum Gasteiger partial charge on any atom is -0.506 e. The second kappa shape index (κ2) is 15.5. The predicted octanol–water partition coefficient (Wildman–Crippen LogP) is 6.05. The lowest BCUT2D eigenvalue weighted by Crippen LogP contribution is -2.23. The first-order chi connectivity index (χ1) is 17.6. The number of aromatic nitrogens is 1. The summed E-state index contributed by atoms with van der Waals surface area (Å²) in [6.45, 7) is 13.4. The zero-order valence-corrected chi connectivity index (χ0v) is 23.5. The van der Waals surface area contributed by atoms with Crippen molar-refractivity contribution in [2.24, 2.45) is 10.9 Å². The second-order valence-corrected chi connectivity index (χ2v) is 9.00. The van der Waals surface area contributed by atoms with Crippen LogP contribution < -0.4 is 15.0 Å². The van der Waals surface area contributed by atoms with E-state index in [1.165, 1.54) is 7.05 Å². The molecule has 2 aromatic rings. The molecule has 204 valence electrons. The molecule has 0 fully saturated rings. The summed E-state index contributed by atoms with van der Waals surface area (Å²) in [5.74, 6) is 2.02. The number of hydrogen-bond donors (Lipinski definition) is 2. The molecule has 0 aliphatic heterocycles. The van der Waals surface area contributed by atoms with Crippen LogP contribution in [0.15, 0.2) is 40.3 Å². The number of aromatic amines is 1. The molecule has 2 N–H and O–H groups in total. The van der Waals surface area contributed by atoms with Gasteiger partial charge in [0.25, 0.3) is 5.56 Å². The maximum atomic E-state index is 12.9. The Morgan fingerprint density at radius 2 is 1.73 bits per heavy atom. The number of carbonyl (C=O) groups excluding carboxylic acids is 1. The van der Waals surface area contributed by atoms with Crippen LogP contribution in [-0.2, 0) is 16.0 Å². The topological polar surface area (TPSA) is 110 Å². The van der Waals surface area contributed by atoms with Crippen LogP contribution in [0, 0.1) is 5.92 Å². The molecule has 0 bridgehead atoms. The van der Waals surface area contributed by atoms with Gasteiger partial charge >= 0.3 is 0 Å². The van der Waals surface area contributed by atoms with E-state index in [0.717, 1.165) is 19.3 Å². The van der Waals surface area contributed by atoms with Gasteiger partial charge in [0.05, 0.1) is 31.1 Å². The molecule has 37 heavy (non-hydrogen) atoms. The Kier molecular flexibility index (Phi) is 13.2. The molecule has 0 radical (unpaired) electrons. The first kappa shape index (κ1) is 31.5. The fourth-order valence-corrected chi connectivity index (χ4v) is 3.74. The van der Waals surface area contributed by atoms with Crippen molar-refractivity contribution in [2.45, 2.75) is 66.7 Å². The van der Waals surface area contributed by atoms with Crippen molar-refractivity contribution in [1.29, 1.82) is 0 Å². The minimum absolute atomic E-state index is 0.00208. The third-order valence-electron chi connectivity index (χ3n) is 5.47. The van der Waals surface area contributed by atoms with Gasteiger partial charge in [-0.25, -0.2) is 0 Å². The SMILES string of the molecule is C=C(CC)OC(=NC)c1c(O)c(-c2c(OC)cccc2OC)c(CCCC)[nH]c1=O.CC(=O)CC(C)C. The highest BCUT2D eigenvalue weighted by Gasteiger charge is 2.27. The lowest BCUT2D eigenvalue weighted by Gasteiger charge is -2.19. The zero-order valence-electron chi connectivity index (χ0n) is 23.5. The maximum Gasteiger partial charge on any atom is 0.264 e. The van der Waals surface area contributed by atoms with Crippen LogP contribution in [0.3, 0.4) is 0 Å². The number of aromatic hydroxyl groups is 1. The number of nitrogens with zero attached hydrogens (tertiary/aromatic N) is 1. The van der Waals surface area contributed by atoms with Crippen LogP contribution in [0.1, 0.15) is 71.6 Å². The van der Waals surface area contributed by atoms with Gasteiger partial charge in [-0.15, -0.1) is 0 Å². The van der Waals surface area contributed by atoms with Crippen molar-refractivity contribution < 1.29 is 24.1 Å². The Balaban J connectivity index is 0.000000856. The molecule has 1 aromatic heterocycles. The molecule has 8 heteroatoms. The number of rotatable bonds is 11. The molecule has 0 saturated heterocycles. The van der Waals surface area contributed by atoms with Gasteiger partial charge in [0.2, 0.25) is 5.90 Å². The van der Waals surface area contributed by atoms with Gasteiger partial charge in [-0.05, 0) is 37.8 Å². The summed E-state index contributed by atoms with van der Waals surface area (Å²) in [5, 5.41) is 11.3. The van der Waals surface area contributed by atoms with E-state index in [1.54, 1.807) is 39.3 Å². The molecule has 0 atom stereocenters. The van der Waals surface area contributed by atoms with E-state index >= 15 is 0 Å². The predicted molar refractivity (Wildman–Crippen MR) is 149 cm³/mol. The number of methoxy groups -OCH3 is 2. The number of carbonyl (C=O) groups is 1. The fraction of sp³-hybridized carbons (Fsp3) is 0.483. The highest BCUT2D eigenvalue weighted by molar-refractivity contribution is 6.00. The van der Waals surface area contributed by atoms with Gasteiger partial charge in [0, 0.05) is 25.6 Å². The first-order valence-corrected chi connectivity index (χ1v) is 12.6. The molecule has 0 unspecified atom stereocenters. The van der Waals surface area contributed by atoms with Gasteiger partial charge in [0.15, 0.2) is 0 Å². The number of H-pyrrole nitrogens is 1. The van der Waals surface area contributed by atoms with Gasteiger partial charge in [0.1, 0.15) is 28.6 Å². The van der Waals surface area contributed by atoms with E-state index in [2.05, 4.69) is 23.5 Å². The van der Waals surface area contributed by atoms with Crippen LogP contribution >= 0.6 is 0 Å². The molecule has 1 aromatic carbocycles. The zero-order chi connectivity index (χ0) is 28.1. The van der Waals surface area contributed by atoms with Gasteiger partial charge in [-0.2, -0.15) is 0 Å². The van der Waals surface area contributed by atoms with Crippen molar-refractivity contribution in [3.8, 4) is 28.4 Å². The number of hydrogen-bond acceptors (Lipinski definition) is 7. The fourth-order valence-electron chi connectivity index (χ4n) is 3.74. The smallest absolute Gasteiger partial charge is 0.264 e. The molecule has 0 amide bonds. The number of aryl methyl sites for hydroxylation is 1. The number of pyridine rings is 1. The molecule has 0 aliphatic rings. The minimum atomic E-state index is -0.485. The molecule has 2 rings (SSSR count). The summed E-state index contributed by atoms with van der Waals surface area (Å²) in [6, 6.07) is 5.34. The largest absolute Gasteiger partial charge is 0.506 e. The van der Waals surface area contributed by atoms with Crippen molar-refractivity contribution in [2.75, 3.05) is 21.3 Å².